The Bertz CT molecular complexity index is 1010. The molecule has 2 heterocycles. The molecule has 6 nitrogen and oxygen atoms in total. The van der Waals surface area contributed by atoms with Crippen molar-refractivity contribution in [3.05, 3.63) is 64.2 Å². The molecular formula is C20H23F2N5O. The van der Waals surface area contributed by atoms with E-state index in [0.717, 1.165) is 11.3 Å². The summed E-state index contributed by atoms with van der Waals surface area (Å²) in [6.07, 6.45) is -2.66. The molecule has 0 saturated heterocycles. The minimum atomic E-state index is -2.66. The third-order valence-electron chi connectivity index (χ3n) is 4.58. The summed E-state index contributed by atoms with van der Waals surface area (Å²) in [5, 5.41) is 11.2. The Labute approximate surface area is 162 Å². The molecule has 8 heteroatoms. The lowest BCUT2D eigenvalue weighted by molar-refractivity contribution is -0.117. The number of amides is 1. The van der Waals surface area contributed by atoms with Crippen LogP contribution in [-0.4, -0.2) is 25.5 Å². The van der Waals surface area contributed by atoms with Gasteiger partial charge in [0.05, 0.1) is 23.6 Å². The van der Waals surface area contributed by atoms with Crippen molar-refractivity contribution >= 4 is 11.6 Å². The van der Waals surface area contributed by atoms with Gasteiger partial charge in [-0.1, -0.05) is 29.8 Å². The second-order valence-corrected chi connectivity index (χ2v) is 6.91. The van der Waals surface area contributed by atoms with Crippen molar-refractivity contribution in [1.29, 1.82) is 0 Å². The van der Waals surface area contributed by atoms with Gasteiger partial charge in [0.25, 0.3) is 6.43 Å². The molecule has 0 bridgehead atoms. The standard InChI is InChI=1S/C20H23F2N5O/c1-12-6-5-7-16(8-12)10-27-15(4)19(14(3)24-27)23-18(28)11-26-13(2)9-17(25-26)20(21)22/h5-9,20H,10-11H2,1-4H3,(H,23,28). The predicted molar refractivity (Wildman–Crippen MR) is 103 cm³/mol. The van der Waals surface area contributed by atoms with Crippen molar-refractivity contribution in [2.75, 3.05) is 5.32 Å². The molecule has 2 aromatic heterocycles. The van der Waals surface area contributed by atoms with Gasteiger partial charge in [0, 0.05) is 5.69 Å². The van der Waals surface area contributed by atoms with E-state index in [1.807, 2.05) is 43.7 Å². The second kappa shape index (κ2) is 7.92. The summed E-state index contributed by atoms with van der Waals surface area (Å²) >= 11 is 0. The topological polar surface area (TPSA) is 64.7 Å². The Hall–Kier alpha value is -3.03. The van der Waals surface area contributed by atoms with Crippen LogP contribution >= 0.6 is 0 Å². The first kappa shape index (κ1) is 19.7. The maximum atomic E-state index is 12.8. The summed E-state index contributed by atoms with van der Waals surface area (Å²) in [5.74, 6) is -0.340. The van der Waals surface area contributed by atoms with Gasteiger partial charge < -0.3 is 5.32 Å². The van der Waals surface area contributed by atoms with Gasteiger partial charge in [-0.15, -0.1) is 0 Å². The molecule has 0 radical (unpaired) electrons. The van der Waals surface area contributed by atoms with Crippen molar-refractivity contribution in [3.63, 3.8) is 0 Å². The zero-order valence-electron chi connectivity index (χ0n) is 16.3. The molecule has 0 spiro atoms. The number of anilines is 1. The monoisotopic (exact) mass is 387 g/mol. The first-order chi connectivity index (χ1) is 13.2. The Morgan fingerprint density at radius 2 is 1.86 bits per heavy atom. The highest BCUT2D eigenvalue weighted by Gasteiger charge is 2.18. The number of aromatic nitrogens is 4. The minimum Gasteiger partial charge on any atom is -0.321 e. The molecular weight excluding hydrogens is 364 g/mol. The summed E-state index contributed by atoms with van der Waals surface area (Å²) in [6, 6.07) is 9.44. The Balaban J connectivity index is 1.74. The minimum absolute atomic E-state index is 0.138. The molecule has 0 atom stereocenters. The normalized spacial score (nSPS) is 11.2. The van der Waals surface area contributed by atoms with Crippen molar-refractivity contribution < 1.29 is 13.6 Å². The summed E-state index contributed by atoms with van der Waals surface area (Å²) in [5.41, 5.74) is 4.64. The van der Waals surface area contributed by atoms with Gasteiger partial charge >= 0.3 is 0 Å². The first-order valence-electron chi connectivity index (χ1n) is 8.96. The Morgan fingerprint density at radius 3 is 2.50 bits per heavy atom. The molecule has 3 aromatic rings. The quantitative estimate of drug-likeness (QED) is 0.697. The zero-order valence-corrected chi connectivity index (χ0v) is 16.3. The van der Waals surface area contributed by atoms with Crippen LogP contribution in [0.5, 0.6) is 0 Å². The number of hydrogen-bond acceptors (Lipinski definition) is 3. The second-order valence-electron chi connectivity index (χ2n) is 6.91. The van der Waals surface area contributed by atoms with Crippen molar-refractivity contribution in [2.45, 2.75) is 47.2 Å². The van der Waals surface area contributed by atoms with Crippen LogP contribution in [0, 0.1) is 27.7 Å². The molecule has 1 amide bonds. The maximum Gasteiger partial charge on any atom is 0.282 e. The van der Waals surface area contributed by atoms with Crippen LogP contribution in [0.2, 0.25) is 0 Å². The third kappa shape index (κ3) is 4.27. The first-order valence-corrected chi connectivity index (χ1v) is 8.96. The molecule has 1 N–H and O–H groups in total. The van der Waals surface area contributed by atoms with E-state index in [2.05, 4.69) is 21.6 Å². The van der Waals surface area contributed by atoms with Crippen LogP contribution in [0.15, 0.2) is 30.3 Å². The molecule has 1 aromatic carbocycles. The van der Waals surface area contributed by atoms with Gasteiger partial charge in [-0.05, 0) is 39.3 Å². The smallest absolute Gasteiger partial charge is 0.282 e. The highest BCUT2D eigenvalue weighted by molar-refractivity contribution is 5.91. The molecule has 0 unspecified atom stereocenters. The molecule has 0 aliphatic heterocycles. The molecule has 28 heavy (non-hydrogen) atoms. The number of carbonyl (C=O) groups is 1. The number of hydrogen-bond donors (Lipinski definition) is 1. The summed E-state index contributed by atoms with van der Waals surface area (Å²) in [4.78, 5) is 12.4. The number of benzene rings is 1. The van der Waals surface area contributed by atoms with Crippen LogP contribution in [0.4, 0.5) is 14.5 Å². The summed E-state index contributed by atoms with van der Waals surface area (Å²) in [6.45, 7) is 7.85. The SMILES string of the molecule is Cc1cccc(Cn2nc(C)c(NC(=O)Cn3nc(C(F)F)cc3C)c2C)c1. The summed E-state index contributed by atoms with van der Waals surface area (Å²) in [7, 11) is 0. The number of halogens is 2. The van der Waals surface area contributed by atoms with E-state index in [1.165, 1.54) is 16.3 Å². The molecule has 148 valence electrons. The van der Waals surface area contributed by atoms with Crippen LogP contribution in [0.1, 0.15) is 40.3 Å². The van der Waals surface area contributed by atoms with Gasteiger partial charge in [-0.3, -0.25) is 14.2 Å². The molecule has 3 rings (SSSR count). The largest absolute Gasteiger partial charge is 0.321 e. The van der Waals surface area contributed by atoms with Crippen molar-refractivity contribution in [2.24, 2.45) is 0 Å². The lowest BCUT2D eigenvalue weighted by Gasteiger charge is -2.09. The highest BCUT2D eigenvalue weighted by Crippen LogP contribution is 2.21. The number of rotatable bonds is 6. The van der Waals surface area contributed by atoms with Crippen molar-refractivity contribution in [1.82, 2.24) is 19.6 Å². The van der Waals surface area contributed by atoms with Gasteiger partial charge in [-0.25, -0.2) is 8.78 Å². The average molecular weight is 387 g/mol. The Kier molecular flexibility index (Phi) is 5.58. The fraction of sp³-hybridized carbons (Fsp3) is 0.350. The number of nitrogens with one attached hydrogen (secondary N) is 1. The van der Waals surface area contributed by atoms with Crippen molar-refractivity contribution in [3.8, 4) is 0 Å². The van der Waals surface area contributed by atoms with E-state index in [0.29, 0.717) is 23.6 Å². The Morgan fingerprint density at radius 1 is 1.11 bits per heavy atom. The van der Waals surface area contributed by atoms with Crippen LogP contribution in [0.3, 0.4) is 0 Å². The molecule has 0 saturated carbocycles. The van der Waals surface area contributed by atoms with Crippen LogP contribution < -0.4 is 5.32 Å². The number of nitrogens with zero attached hydrogens (tertiary/aromatic N) is 4. The number of aryl methyl sites for hydroxylation is 3. The summed E-state index contributed by atoms with van der Waals surface area (Å²) < 4.78 is 28.7. The van der Waals surface area contributed by atoms with E-state index in [9.17, 15) is 13.6 Å². The van der Waals surface area contributed by atoms with Gasteiger partial charge in [0.2, 0.25) is 5.91 Å². The van der Waals surface area contributed by atoms with Gasteiger partial charge in [0.1, 0.15) is 12.2 Å². The van der Waals surface area contributed by atoms with E-state index >= 15 is 0 Å². The lowest BCUT2D eigenvalue weighted by Crippen LogP contribution is -2.21. The number of carbonyl (C=O) groups excluding carboxylic acids is 1. The van der Waals surface area contributed by atoms with E-state index in [4.69, 9.17) is 0 Å². The maximum absolute atomic E-state index is 12.8. The third-order valence-corrected chi connectivity index (χ3v) is 4.58. The molecule has 0 fully saturated rings. The van der Waals surface area contributed by atoms with Gasteiger partial charge in [0.15, 0.2) is 0 Å². The van der Waals surface area contributed by atoms with Gasteiger partial charge in [-0.2, -0.15) is 10.2 Å². The number of alkyl halides is 2. The van der Waals surface area contributed by atoms with E-state index < -0.39 is 6.43 Å². The lowest BCUT2D eigenvalue weighted by atomic mass is 10.1. The molecule has 0 aliphatic rings. The van der Waals surface area contributed by atoms with E-state index in [-0.39, 0.29) is 18.1 Å². The van der Waals surface area contributed by atoms with Crippen LogP contribution in [-0.2, 0) is 17.9 Å². The van der Waals surface area contributed by atoms with Crippen LogP contribution in [0.25, 0.3) is 0 Å². The molecule has 0 aliphatic carbocycles. The predicted octanol–water partition coefficient (Wildman–Crippen LogP) is 3.94. The fourth-order valence-corrected chi connectivity index (χ4v) is 3.13. The fourth-order valence-electron chi connectivity index (χ4n) is 3.13. The van der Waals surface area contributed by atoms with E-state index in [1.54, 1.807) is 6.92 Å². The zero-order chi connectivity index (χ0) is 20.4. The highest BCUT2D eigenvalue weighted by atomic mass is 19.3. The average Bonchev–Trinajstić information content (AvgIpc) is 3.10.